The Bertz CT molecular complexity index is 180. The van der Waals surface area contributed by atoms with E-state index in [0.717, 1.165) is 17.8 Å². The first kappa shape index (κ1) is 9.30. The quantitative estimate of drug-likeness (QED) is 0.557. The molecule has 0 spiro atoms. The Hall–Kier alpha value is -0.260. The summed E-state index contributed by atoms with van der Waals surface area (Å²) >= 11 is 0. The molecule has 74 valence electrons. The van der Waals surface area contributed by atoms with Gasteiger partial charge in [0.25, 0.3) is 0 Å². The number of hydrogen-bond donors (Lipinski definition) is 0. The molecule has 0 aromatic heterocycles. The van der Waals surface area contributed by atoms with Crippen LogP contribution in [-0.4, -0.2) is 0 Å². The fourth-order valence-electron chi connectivity index (χ4n) is 3.53. The van der Waals surface area contributed by atoms with Crippen molar-refractivity contribution >= 4 is 0 Å². The Kier molecular flexibility index (Phi) is 2.76. The molecular formula is C13H22. The van der Waals surface area contributed by atoms with E-state index < -0.39 is 0 Å². The number of hydrogen-bond acceptors (Lipinski definition) is 0. The van der Waals surface area contributed by atoms with Crippen LogP contribution in [-0.2, 0) is 0 Å². The molecule has 0 aromatic rings. The maximum atomic E-state index is 4.04. The maximum Gasteiger partial charge on any atom is -0.0297 e. The lowest BCUT2D eigenvalue weighted by molar-refractivity contribution is 0.137. The molecule has 2 bridgehead atoms. The molecule has 0 amide bonds. The van der Waals surface area contributed by atoms with Gasteiger partial charge in [0.2, 0.25) is 0 Å². The van der Waals surface area contributed by atoms with E-state index in [4.69, 9.17) is 0 Å². The highest BCUT2D eigenvalue weighted by Gasteiger charge is 2.31. The van der Waals surface area contributed by atoms with Gasteiger partial charge in [-0.2, -0.15) is 0 Å². The molecule has 0 N–H and O–H groups in total. The van der Waals surface area contributed by atoms with Gasteiger partial charge >= 0.3 is 0 Å². The van der Waals surface area contributed by atoms with Crippen LogP contribution in [0, 0.1) is 17.8 Å². The molecule has 2 saturated carbocycles. The molecule has 0 saturated heterocycles. The van der Waals surface area contributed by atoms with Crippen LogP contribution in [0.2, 0.25) is 0 Å². The van der Waals surface area contributed by atoms with Crippen molar-refractivity contribution in [2.75, 3.05) is 0 Å². The molecule has 0 heteroatoms. The summed E-state index contributed by atoms with van der Waals surface area (Å²) in [6.07, 6.45) is 10.4. The van der Waals surface area contributed by atoms with Crippen molar-refractivity contribution in [3.05, 3.63) is 12.2 Å². The Morgan fingerprint density at radius 3 is 2.31 bits per heavy atom. The van der Waals surface area contributed by atoms with Crippen LogP contribution in [0.5, 0.6) is 0 Å². The van der Waals surface area contributed by atoms with E-state index in [1.165, 1.54) is 44.1 Å². The third kappa shape index (κ3) is 2.36. The summed E-state index contributed by atoms with van der Waals surface area (Å²) in [7, 11) is 0. The summed E-state index contributed by atoms with van der Waals surface area (Å²) in [5, 5.41) is 0. The largest absolute Gasteiger partial charge is 0.100 e. The Morgan fingerprint density at radius 1 is 1.15 bits per heavy atom. The molecule has 0 aliphatic heterocycles. The van der Waals surface area contributed by atoms with Gasteiger partial charge in [0, 0.05) is 0 Å². The van der Waals surface area contributed by atoms with Gasteiger partial charge in [-0.1, -0.05) is 24.8 Å². The molecular weight excluding hydrogens is 156 g/mol. The molecule has 2 rings (SSSR count). The molecule has 13 heavy (non-hydrogen) atoms. The van der Waals surface area contributed by atoms with Crippen LogP contribution in [0.25, 0.3) is 0 Å². The average Bonchev–Trinajstić information content (AvgIpc) is 2.01. The lowest BCUT2D eigenvalue weighted by Gasteiger charge is -2.39. The van der Waals surface area contributed by atoms with E-state index in [1.54, 1.807) is 6.42 Å². The highest BCUT2D eigenvalue weighted by molar-refractivity contribution is 4.94. The van der Waals surface area contributed by atoms with Crippen LogP contribution in [0.4, 0.5) is 0 Å². The first-order valence-corrected chi connectivity index (χ1v) is 5.88. The van der Waals surface area contributed by atoms with Crippen molar-refractivity contribution in [2.24, 2.45) is 17.8 Å². The van der Waals surface area contributed by atoms with Crippen LogP contribution >= 0.6 is 0 Å². The second-order valence-electron chi connectivity index (χ2n) is 5.40. The Labute approximate surface area is 82.4 Å². The monoisotopic (exact) mass is 178 g/mol. The summed E-state index contributed by atoms with van der Waals surface area (Å²) in [5.74, 6) is 3.15. The lowest BCUT2D eigenvalue weighted by Crippen LogP contribution is -2.26. The van der Waals surface area contributed by atoms with E-state index in [9.17, 15) is 0 Å². The zero-order valence-corrected chi connectivity index (χ0v) is 8.89. The standard InChI is InChI=1S/C13H22/c1-10(2)6-13-8-11-4-3-5-12(7-11)9-13/h11-13H,1,3-9H2,2H3. The molecule has 0 nitrogen and oxygen atoms in total. The molecule has 0 aromatic carbocycles. The molecule has 2 aliphatic rings. The van der Waals surface area contributed by atoms with Crippen LogP contribution in [0.3, 0.4) is 0 Å². The Morgan fingerprint density at radius 2 is 1.77 bits per heavy atom. The lowest BCUT2D eigenvalue weighted by atomic mass is 9.67. The van der Waals surface area contributed by atoms with Gasteiger partial charge in [-0.15, -0.1) is 6.58 Å². The van der Waals surface area contributed by atoms with Gasteiger partial charge in [0.05, 0.1) is 0 Å². The van der Waals surface area contributed by atoms with Crippen LogP contribution in [0.1, 0.15) is 51.9 Å². The van der Waals surface area contributed by atoms with E-state index in [1.807, 2.05) is 0 Å². The number of allylic oxidation sites excluding steroid dienone is 1. The topological polar surface area (TPSA) is 0 Å². The minimum atomic E-state index is 0.988. The van der Waals surface area contributed by atoms with Gasteiger partial charge in [0.1, 0.15) is 0 Å². The molecule has 2 unspecified atom stereocenters. The van der Waals surface area contributed by atoms with E-state index in [-0.39, 0.29) is 0 Å². The summed E-state index contributed by atoms with van der Waals surface area (Å²) in [4.78, 5) is 0. The van der Waals surface area contributed by atoms with E-state index in [0.29, 0.717) is 0 Å². The second kappa shape index (κ2) is 3.86. The number of rotatable bonds is 2. The summed E-state index contributed by atoms with van der Waals surface area (Å²) in [6, 6.07) is 0. The van der Waals surface area contributed by atoms with Gasteiger partial charge in [-0.05, 0) is 50.4 Å². The molecule has 2 aliphatic carbocycles. The SMILES string of the molecule is C=C(C)CC1CC2CCCC(C2)C1. The summed E-state index contributed by atoms with van der Waals surface area (Å²) in [6.45, 7) is 6.23. The molecule has 2 atom stereocenters. The fraction of sp³-hybridized carbons (Fsp3) is 0.846. The molecule has 0 radical (unpaired) electrons. The van der Waals surface area contributed by atoms with Crippen molar-refractivity contribution in [1.29, 1.82) is 0 Å². The third-order valence-electron chi connectivity index (χ3n) is 3.86. The van der Waals surface area contributed by atoms with E-state index in [2.05, 4.69) is 13.5 Å². The van der Waals surface area contributed by atoms with Crippen molar-refractivity contribution < 1.29 is 0 Å². The second-order valence-corrected chi connectivity index (χ2v) is 5.40. The summed E-state index contributed by atoms with van der Waals surface area (Å²) in [5.41, 5.74) is 1.39. The predicted molar refractivity (Wildman–Crippen MR) is 57.6 cm³/mol. The highest BCUT2D eigenvalue weighted by Crippen LogP contribution is 2.44. The predicted octanol–water partition coefficient (Wildman–Crippen LogP) is 4.17. The van der Waals surface area contributed by atoms with Crippen molar-refractivity contribution in [2.45, 2.75) is 51.9 Å². The zero-order valence-electron chi connectivity index (χ0n) is 8.89. The van der Waals surface area contributed by atoms with Gasteiger partial charge < -0.3 is 0 Å². The fourth-order valence-corrected chi connectivity index (χ4v) is 3.53. The number of fused-ring (bicyclic) bond motifs is 2. The van der Waals surface area contributed by atoms with Gasteiger partial charge in [0.15, 0.2) is 0 Å². The van der Waals surface area contributed by atoms with Gasteiger partial charge in [-0.3, -0.25) is 0 Å². The third-order valence-corrected chi connectivity index (χ3v) is 3.86. The van der Waals surface area contributed by atoms with Crippen molar-refractivity contribution in [1.82, 2.24) is 0 Å². The smallest absolute Gasteiger partial charge is 0.0297 e. The first-order chi connectivity index (χ1) is 6.24. The van der Waals surface area contributed by atoms with E-state index >= 15 is 0 Å². The van der Waals surface area contributed by atoms with Gasteiger partial charge in [-0.25, -0.2) is 0 Å². The van der Waals surface area contributed by atoms with Crippen LogP contribution in [0.15, 0.2) is 12.2 Å². The maximum absolute atomic E-state index is 4.04. The average molecular weight is 178 g/mol. The highest BCUT2D eigenvalue weighted by atomic mass is 14.4. The van der Waals surface area contributed by atoms with Crippen LogP contribution < -0.4 is 0 Å². The van der Waals surface area contributed by atoms with Crippen molar-refractivity contribution in [3.8, 4) is 0 Å². The normalized spacial score (nSPS) is 38.7. The minimum absolute atomic E-state index is 0.988. The summed E-state index contributed by atoms with van der Waals surface area (Å²) < 4.78 is 0. The first-order valence-electron chi connectivity index (χ1n) is 5.88. The molecule has 2 fully saturated rings. The Balaban J connectivity index is 1.90. The zero-order chi connectivity index (χ0) is 9.26. The molecule has 0 heterocycles. The minimum Gasteiger partial charge on any atom is -0.100 e. The van der Waals surface area contributed by atoms with Crippen molar-refractivity contribution in [3.63, 3.8) is 0 Å².